The van der Waals surface area contributed by atoms with Crippen molar-refractivity contribution in [2.24, 2.45) is 0 Å². The zero-order valence-electron chi connectivity index (χ0n) is 15.2. The van der Waals surface area contributed by atoms with E-state index >= 15 is 0 Å². The Bertz CT molecular complexity index is 734. The first kappa shape index (κ1) is 20.2. The number of benzene rings is 2. The van der Waals surface area contributed by atoms with Gasteiger partial charge in [0.25, 0.3) is 0 Å². The van der Waals surface area contributed by atoms with Gasteiger partial charge in [-0.1, -0.05) is 49.4 Å². The number of thioether (sulfide) groups is 1. The molecule has 1 fully saturated rings. The molecule has 0 spiro atoms. The molecule has 27 heavy (non-hydrogen) atoms. The zero-order valence-corrected chi connectivity index (χ0v) is 16.0. The lowest BCUT2D eigenvalue weighted by Crippen LogP contribution is -2.55. The standard InChI is InChI=1S/C21H26O5S/c1-2-13-7-9-14(10-8-13)11-15-5-3-4-6-16(15)26-21-20(25)19(24)18(23)17(12-22)27-21/h3-10,17-25H,2,11-12H2,1H3/t17-,18+,19-,20+,21-/m0/s1. The lowest BCUT2D eigenvalue weighted by molar-refractivity contribution is -0.0910. The summed E-state index contributed by atoms with van der Waals surface area (Å²) < 4.78 is 6.00. The van der Waals surface area contributed by atoms with E-state index in [1.54, 1.807) is 0 Å². The van der Waals surface area contributed by atoms with Crippen LogP contribution in [0.5, 0.6) is 5.75 Å². The van der Waals surface area contributed by atoms with E-state index in [1.807, 2.05) is 24.3 Å². The predicted molar refractivity (Wildman–Crippen MR) is 106 cm³/mol. The average Bonchev–Trinajstić information content (AvgIpc) is 2.70. The van der Waals surface area contributed by atoms with E-state index in [9.17, 15) is 20.4 Å². The van der Waals surface area contributed by atoms with Gasteiger partial charge in [-0.25, -0.2) is 0 Å². The van der Waals surface area contributed by atoms with Crippen molar-refractivity contribution in [1.82, 2.24) is 0 Å². The quantitative estimate of drug-likeness (QED) is 0.601. The molecule has 5 atom stereocenters. The maximum Gasteiger partial charge on any atom is 0.173 e. The van der Waals surface area contributed by atoms with Crippen molar-refractivity contribution in [2.45, 2.75) is 48.8 Å². The summed E-state index contributed by atoms with van der Waals surface area (Å²) >= 11 is 1.13. The maximum absolute atomic E-state index is 10.3. The van der Waals surface area contributed by atoms with E-state index in [0.717, 1.165) is 29.3 Å². The summed E-state index contributed by atoms with van der Waals surface area (Å²) in [5.74, 6) is 0.619. The lowest BCUT2D eigenvalue weighted by Gasteiger charge is -2.39. The first-order chi connectivity index (χ1) is 13.0. The highest BCUT2D eigenvalue weighted by Crippen LogP contribution is 2.35. The van der Waals surface area contributed by atoms with Gasteiger partial charge in [-0.05, 0) is 29.2 Å². The van der Waals surface area contributed by atoms with Crippen molar-refractivity contribution in [3.05, 3.63) is 65.2 Å². The van der Waals surface area contributed by atoms with E-state index in [1.165, 1.54) is 5.56 Å². The van der Waals surface area contributed by atoms with Gasteiger partial charge in [-0.3, -0.25) is 0 Å². The van der Waals surface area contributed by atoms with Crippen LogP contribution in [0, 0.1) is 0 Å². The molecule has 2 aromatic carbocycles. The largest absolute Gasteiger partial charge is 0.477 e. The van der Waals surface area contributed by atoms with Crippen LogP contribution in [-0.4, -0.2) is 56.0 Å². The molecule has 1 saturated heterocycles. The van der Waals surface area contributed by atoms with Gasteiger partial charge in [0.05, 0.1) is 18.0 Å². The van der Waals surface area contributed by atoms with Crippen molar-refractivity contribution in [1.29, 1.82) is 0 Å². The van der Waals surface area contributed by atoms with E-state index in [-0.39, 0.29) is 6.61 Å². The fourth-order valence-electron chi connectivity index (χ4n) is 3.17. The zero-order chi connectivity index (χ0) is 19.4. The minimum absolute atomic E-state index is 0.305. The molecule has 2 aromatic rings. The van der Waals surface area contributed by atoms with Gasteiger partial charge < -0.3 is 25.2 Å². The Balaban J connectivity index is 1.77. The van der Waals surface area contributed by atoms with Crippen LogP contribution < -0.4 is 4.74 Å². The molecule has 1 aliphatic heterocycles. The summed E-state index contributed by atoms with van der Waals surface area (Å²) in [6.07, 6.45) is -2.12. The van der Waals surface area contributed by atoms with Crippen LogP contribution in [0.3, 0.4) is 0 Å². The van der Waals surface area contributed by atoms with Gasteiger partial charge >= 0.3 is 0 Å². The van der Waals surface area contributed by atoms with E-state index < -0.39 is 29.0 Å². The third-order valence-electron chi connectivity index (χ3n) is 4.89. The number of ether oxygens (including phenoxy) is 1. The topological polar surface area (TPSA) is 90.2 Å². The second-order valence-corrected chi connectivity index (χ2v) is 8.11. The predicted octanol–water partition coefficient (Wildman–Crippen LogP) is 1.74. The number of hydrogen-bond donors (Lipinski definition) is 4. The highest BCUT2D eigenvalue weighted by Gasteiger charge is 2.44. The van der Waals surface area contributed by atoms with Crippen molar-refractivity contribution in [3.63, 3.8) is 0 Å². The second-order valence-electron chi connectivity index (χ2n) is 6.77. The van der Waals surface area contributed by atoms with E-state index in [2.05, 4.69) is 31.2 Å². The van der Waals surface area contributed by atoms with Crippen molar-refractivity contribution >= 4 is 11.8 Å². The Morgan fingerprint density at radius 1 is 0.889 bits per heavy atom. The minimum atomic E-state index is -1.36. The molecule has 0 amide bonds. The molecule has 0 bridgehead atoms. The molecule has 4 N–H and O–H groups in total. The van der Waals surface area contributed by atoms with Crippen molar-refractivity contribution in [3.8, 4) is 5.75 Å². The Morgan fingerprint density at radius 2 is 1.56 bits per heavy atom. The first-order valence-electron chi connectivity index (χ1n) is 9.16. The molecule has 0 saturated carbocycles. The summed E-state index contributed by atoms with van der Waals surface area (Å²) in [5, 5.41) is 39.1. The molecule has 146 valence electrons. The van der Waals surface area contributed by atoms with Crippen LogP contribution in [-0.2, 0) is 12.8 Å². The van der Waals surface area contributed by atoms with Gasteiger partial charge in [0, 0.05) is 6.42 Å². The number of para-hydroxylation sites is 1. The molecule has 3 rings (SSSR count). The number of aliphatic hydroxyl groups excluding tert-OH is 4. The Hall–Kier alpha value is -1.57. The van der Waals surface area contributed by atoms with Gasteiger partial charge in [-0.15, -0.1) is 11.8 Å². The Labute approximate surface area is 163 Å². The van der Waals surface area contributed by atoms with E-state index in [0.29, 0.717) is 12.2 Å². The lowest BCUT2D eigenvalue weighted by atomic mass is 10.0. The van der Waals surface area contributed by atoms with Crippen LogP contribution in [0.1, 0.15) is 23.6 Å². The smallest absolute Gasteiger partial charge is 0.173 e. The number of hydrogen-bond acceptors (Lipinski definition) is 6. The van der Waals surface area contributed by atoms with Crippen LogP contribution in [0.4, 0.5) is 0 Å². The monoisotopic (exact) mass is 390 g/mol. The van der Waals surface area contributed by atoms with Crippen LogP contribution >= 0.6 is 11.8 Å². The first-order valence-corrected chi connectivity index (χ1v) is 10.1. The molecule has 0 unspecified atom stereocenters. The van der Waals surface area contributed by atoms with Crippen LogP contribution in [0.25, 0.3) is 0 Å². The molecule has 0 aromatic heterocycles. The molecule has 5 nitrogen and oxygen atoms in total. The molecule has 6 heteroatoms. The summed E-state index contributed by atoms with van der Waals surface area (Å²) in [5.41, 5.74) is 2.64. The van der Waals surface area contributed by atoms with E-state index in [4.69, 9.17) is 4.74 Å². The van der Waals surface area contributed by atoms with Crippen molar-refractivity contribution < 1.29 is 25.2 Å². The van der Waals surface area contributed by atoms with Gasteiger partial charge in [-0.2, -0.15) is 0 Å². The third-order valence-corrected chi connectivity index (χ3v) is 6.31. The fourth-order valence-corrected chi connectivity index (χ4v) is 4.40. The van der Waals surface area contributed by atoms with Gasteiger partial charge in [0.2, 0.25) is 0 Å². The summed E-state index contributed by atoms with van der Waals surface area (Å²) in [6.45, 7) is 1.82. The van der Waals surface area contributed by atoms with Gasteiger partial charge in [0.1, 0.15) is 18.0 Å². The van der Waals surface area contributed by atoms with Crippen LogP contribution in [0.15, 0.2) is 48.5 Å². The molecule has 1 heterocycles. The summed E-state index contributed by atoms with van der Waals surface area (Å²) in [6, 6.07) is 16.0. The Kier molecular flexibility index (Phi) is 6.78. The highest BCUT2D eigenvalue weighted by atomic mass is 32.2. The minimum Gasteiger partial charge on any atom is -0.477 e. The second kappa shape index (κ2) is 9.08. The molecular formula is C21H26O5S. The number of rotatable bonds is 6. The molecule has 0 radical (unpaired) electrons. The fraction of sp³-hybridized carbons (Fsp3) is 0.429. The average molecular weight is 391 g/mol. The highest BCUT2D eigenvalue weighted by molar-refractivity contribution is 8.00. The summed E-state index contributed by atoms with van der Waals surface area (Å²) in [4.78, 5) is 0. The summed E-state index contributed by atoms with van der Waals surface area (Å²) in [7, 11) is 0. The third kappa shape index (κ3) is 4.65. The normalized spacial score (nSPS) is 28.1. The molecule has 1 aliphatic rings. The van der Waals surface area contributed by atoms with Crippen LogP contribution in [0.2, 0.25) is 0 Å². The number of aryl methyl sites for hydroxylation is 1. The molecular weight excluding hydrogens is 364 g/mol. The maximum atomic E-state index is 10.3. The van der Waals surface area contributed by atoms with Crippen molar-refractivity contribution in [2.75, 3.05) is 6.61 Å². The Morgan fingerprint density at radius 3 is 2.22 bits per heavy atom. The number of aliphatic hydroxyl groups is 4. The SMILES string of the molecule is CCc1ccc(Cc2ccccc2O[C@H]2S[C@@H](CO)[C@@H](O)[C@H](O)[C@H]2O)cc1. The van der Waals surface area contributed by atoms with Gasteiger partial charge in [0.15, 0.2) is 5.44 Å². The molecule has 0 aliphatic carbocycles.